The summed E-state index contributed by atoms with van der Waals surface area (Å²) >= 11 is 0. The van der Waals surface area contributed by atoms with Crippen LogP contribution in [0.15, 0.2) is 0 Å². The standard InChI is InChI=1S/C13H32NOSi2/c1-8-13(14(2)11-9-10-12-14)17(6,7)15-16(3,4)5/h13H,8-12H2,1-7H3/q+1. The largest absolute Gasteiger partial charge is 0.452 e. The number of rotatable bonds is 5. The highest BCUT2D eigenvalue weighted by Crippen LogP contribution is 2.31. The van der Waals surface area contributed by atoms with Gasteiger partial charge in [0.15, 0.2) is 8.32 Å². The van der Waals surface area contributed by atoms with Gasteiger partial charge in [-0.25, -0.2) is 0 Å². The van der Waals surface area contributed by atoms with Gasteiger partial charge in [0.2, 0.25) is 8.32 Å². The van der Waals surface area contributed by atoms with Crippen LogP contribution in [0.3, 0.4) is 0 Å². The summed E-state index contributed by atoms with van der Waals surface area (Å²) in [4.78, 5) is 0. The van der Waals surface area contributed by atoms with Crippen LogP contribution < -0.4 is 0 Å². The average Bonchev–Trinajstić information content (AvgIpc) is 2.48. The normalized spacial score (nSPS) is 22.8. The molecule has 0 spiro atoms. The Kier molecular flexibility index (Phi) is 4.67. The summed E-state index contributed by atoms with van der Waals surface area (Å²) < 4.78 is 7.90. The maximum Gasteiger partial charge on any atom is 0.238 e. The topological polar surface area (TPSA) is 9.23 Å². The minimum absolute atomic E-state index is 0.775. The third-order valence-corrected chi connectivity index (χ3v) is 11.3. The van der Waals surface area contributed by atoms with E-state index in [9.17, 15) is 0 Å². The average molecular weight is 275 g/mol. The Labute approximate surface area is 110 Å². The Bertz CT molecular complexity index is 255. The molecule has 0 aliphatic carbocycles. The zero-order valence-corrected chi connectivity index (χ0v) is 15.0. The third kappa shape index (κ3) is 3.91. The van der Waals surface area contributed by atoms with Crippen molar-refractivity contribution >= 4 is 16.6 Å². The molecule has 1 rings (SSSR count). The Morgan fingerprint density at radius 1 is 1.06 bits per heavy atom. The van der Waals surface area contributed by atoms with E-state index in [-0.39, 0.29) is 0 Å². The van der Waals surface area contributed by atoms with Crippen molar-refractivity contribution in [3.05, 3.63) is 0 Å². The molecule has 0 bridgehead atoms. The Morgan fingerprint density at radius 3 is 1.88 bits per heavy atom. The van der Waals surface area contributed by atoms with E-state index >= 15 is 0 Å². The molecule has 0 aromatic carbocycles. The molecule has 0 amide bonds. The van der Waals surface area contributed by atoms with Crippen LogP contribution in [0.1, 0.15) is 26.2 Å². The Hall–Kier alpha value is 0.354. The first-order valence-electron chi connectivity index (χ1n) is 7.15. The molecule has 0 N–H and O–H groups in total. The van der Waals surface area contributed by atoms with Crippen molar-refractivity contribution in [3.8, 4) is 0 Å². The highest BCUT2D eigenvalue weighted by molar-refractivity contribution is 6.84. The van der Waals surface area contributed by atoms with Gasteiger partial charge in [0.1, 0.15) is 5.67 Å². The van der Waals surface area contributed by atoms with Gasteiger partial charge in [0.05, 0.1) is 20.1 Å². The quantitative estimate of drug-likeness (QED) is 0.550. The van der Waals surface area contributed by atoms with Gasteiger partial charge in [0.25, 0.3) is 0 Å². The van der Waals surface area contributed by atoms with Crippen molar-refractivity contribution in [2.45, 2.75) is 64.6 Å². The van der Waals surface area contributed by atoms with Gasteiger partial charge in [-0.1, -0.05) is 6.92 Å². The van der Waals surface area contributed by atoms with Gasteiger partial charge in [-0.05, 0) is 39.2 Å². The van der Waals surface area contributed by atoms with E-state index in [2.05, 4.69) is 46.7 Å². The molecular formula is C13H32NOSi2+. The van der Waals surface area contributed by atoms with Gasteiger partial charge < -0.3 is 8.60 Å². The highest BCUT2D eigenvalue weighted by Gasteiger charge is 2.48. The van der Waals surface area contributed by atoms with Crippen LogP contribution >= 0.6 is 0 Å². The van der Waals surface area contributed by atoms with Gasteiger partial charge in [0, 0.05) is 12.8 Å². The number of likely N-dealkylation sites (tertiary alicyclic amines) is 1. The van der Waals surface area contributed by atoms with Crippen LogP contribution in [0, 0.1) is 0 Å². The predicted octanol–water partition coefficient (Wildman–Crippen LogP) is 3.60. The molecule has 1 unspecified atom stereocenters. The maximum atomic E-state index is 6.62. The first-order chi connectivity index (χ1) is 7.61. The summed E-state index contributed by atoms with van der Waals surface area (Å²) in [7, 11) is -0.514. The lowest BCUT2D eigenvalue weighted by Crippen LogP contribution is -2.64. The van der Waals surface area contributed by atoms with Crippen LogP contribution in [-0.4, -0.2) is 46.9 Å². The van der Waals surface area contributed by atoms with E-state index < -0.39 is 16.6 Å². The lowest BCUT2D eigenvalue weighted by Gasteiger charge is -2.46. The zero-order chi connectivity index (χ0) is 13.3. The minimum atomic E-state index is -1.57. The van der Waals surface area contributed by atoms with Gasteiger partial charge in [-0.3, -0.25) is 0 Å². The lowest BCUT2D eigenvalue weighted by molar-refractivity contribution is -0.911. The number of quaternary nitrogens is 1. The van der Waals surface area contributed by atoms with Gasteiger partial charge in [-0.2, -0.15) is 0 Å². The molecular weight excluding hydrogens is 242 g/mol. The molecule has 1 saturated heterocycles. The Morgan fingerprint density at radius 2 is 1.53 bits per heavy atom. The van der Waals surface area contributed by atoms with E-state index in [0.717, 1.165) is 5.67 Å². The van der Waals surface area contributed by atoms with E-state index in [1.807, 2.05) is 0 Å². The molecule has 1 aliphatic rings. The van der Waals surface area contributed by atoms with Crippen molar-refractivity contribution in [2.75, 3.05) is 20.1 Å². The summed E-state index contributed by atoms with van der Waals surface area (Å²) in [5.74, 6) is 0. The molecule has 1 aliphatic heterocycles. The SMILES string of the molecule is CCC([N+]1(C)CCCC1)[Si](C)(C)O[Si](C)(C)C. The maximum absolute atomic E-state index is 6.62. The summed E-state index contributed by atoms with van der Waals surface area (Å²) in [5, 5.41) is 0. The van der Waals surface area contributed by atoms with Crippen molar-refractivity contribution in [3.63, 3.8) is 0 Å². The van der Waals surface area contributed by atoms with Crippen molar-refractivity contribution in [1.82, 2.24) is 0 Å². The second kappa shape index (κ2) is 5.15. The third-order valence-electron chi connectivity index (χ3n) is 4.10. The molecule has 17 heavy (non-hydrogen) atoms. The fourth-order valence-corrected chi connectivity index (χ4v) is 13.5. The van der Waals surface area contributed by atoms with Crippen LogP contribution in [0.4, 0.5) is 0 Å². The minimum Gasteiger partial charge on any atom is -0.452 e. The first kappa shape index (κ1) is 15.4. The number of nitrogens with zero attached hydrogens (tertiary/aromatic N) is 1. The van der Waals surface area contributed by atoms with E-state index in [1.165, 1.54) is 36.8 Å². The molecule has 1 heterocycles. The second-order valence-electron chi connectivity index (χ2n) is 7.38. The van der Waals surface area contributed by atoms with Crippen LogP contribution in [0.2, 0.25) is 32.7 Å². The fourth-order valence-electron chi connectivity index (χ4n) is 3.91. The molecule has 0 radical (unpaired) electrons. The molecule has 2 nitrogen and oxygen atoms in total. The van der Waals surface area contributed by atoms with Crippen molar-refractivity contribution in [2.24, 2.45) is 0 Å². The van der Waals surface area contributed by atoms with Gasteiger partial charge >= 0.3 is 0 Å². The summed E-state index contributed by atoms with van der Waals surface area (Å²) in [6, 6.07) is 0. The van der Waals surface area contributed by atoms with Crippen LogP contribution in [0.25, 0.3) is 0 Å². The number of hydrogen-bond donors (Lipinski definition) is 0. The number of hydrogen-bond acceptors (Lipinski definition) is 1. The summed E-state index contributed by atoms with van der Waals surface area (Å²) in [6.07, 6.45) is 4.09. The van der Waals surface area contributed by atoms with Crippen LogP contribution in [0.5, 0.6) is 0 Å². The summed E-state index contributed by atoms with van der Waals surface area (Å²) in [5.41, 5.74) is 0.775. The molecule has 4 heteroatoms. The monoisotopic (exact) mass is 274 g/mol. The summed E-state index contributed by atoms with van der Waals surface area (Å²) in [6.45, 7) is 17.0. The lowest BCUT2D eigenvalue weighted by atomic mass is 10.3. The molecule has 1 atom stereocenters. The highest BCUT2D eigenvalue weighted by atomic mass is 28.4. The van der Waals surface area contributed by atoms with E-state index in [0.29, 0.717) is 0 Å². The zero-order valence-electron chi connectivity index (χ0n) is 13.0. The molecule has 0 saturated carbocycles. The molecule has 0 aromatic rings. The molecule has 0 aromatic heterocycles. The second-order valence-corrected chi connectivity index (χ2v) is 16.3. The van der Waals surface area contributed by atoms with Crippen molar-refractivity contribution < 1.29 is 8.60 Å². The van der Waals surface area contributed by atoms with Gasteiger partial charge in [-0.15, -0.1) is 0 Å². The fraction of sp³-hybridized carbons (Fsp3) is 1.00. The predicted molar refractivity (Wildman–Crippen MR) is 81.1 cm³/mol. The smallest absolute Gasteiger partial charge is 0.238 e. The first-order valence-corrected chi connectivity index (χ1v) is 13.5. The molecule has 1 fully saturated rings. The van der Waals surface area contributed by atoms with E-state index in [4.69, 9.17) is 4.12 Å². The van der Waals surface area contributed by atoms with Crippen LogP contribution in [-0.2, 0) is 4.12 Å². The van der Waals surface area contributed by atoms with E-state index in [1.54, 1.807) is 0 Å². The Balaban J connectivity index is 2.85. The van der Waals surface area contributed by atoms with Crippen molar-refractivity contribution in [1.29, 1.82) is 0 Å². The molecule has 102 valence electrons.